The smallest absolute Gasteiger partial charge is 0.148 e. The molecule has 0 spiro atoms. The molecule has 1 aromatic rings. The molecule has 0 saturated carbocycles. The van der Waals surface area contributed by atoms with Crippen LogP contribution in [0.3, 0.4) is 0 Å². The van der Waals surface area contributed by atoms with E-state index >= 15 is 0 Å². The molecule has 6 heteroatoms. The van der Waals surface area contributed by atoms with Crippen LogP contribution in [0.4, 0.5) is 11.6 Å². The van der Waals surface area contributed by atoms with Crippen molar-refractivity contribution in [1.82, 2.24) is 9.97 Å². The van der Waals surface area contributed by atoms with Gasteiger partial charge < -0.3 is 15.0 Å². The second-order valence-corrected chi connectivity index (χ2v) is 6.16. The van der Waals surface area contributed by atoms with Crippen LogP contribution >= 0.6 is 15.9 Å². The summed E-state index contributed by atoms with van der Waals surface area (Å²) in [5.74, 6) is 1.84. The van der Waals surface area contributed by atoms with Gasteiger partial charge in [0.25, 0.3) is 0 Å². The van der Waals surface area contributed by atoms with E-state index in [0.717, 1.165) is 68.0 Å². The van der Waals surface area contributed by atoms with E-state index in [-0.39, 0.29) is 0 Å². The van der Waals surface area contributed by atoms with Crippen LogP contribution < -0.4 is 10.2 Å². The first kappa shape index (κ1) is 16.5. The van der Waals surface area contributed by atoms with Gasteiger partial charge in [-0.1, -0.05) is 13.8 Å². The van der Waals surface area contributed by atoms with Gasteiger partial charge in [-0.05, 0) is 41.6 Å². The summed E-state index contributed by atoms with van der Waals surface area (Å²) in [6.07, 6.45) is 6.37. The number of rotatable bonds is 7. The monoisotopic (exact) mass is 356 g/mol. The summed E-state index contributed by atoms with van der Waals surface area (Å²) in [4.78, 5) is 11.1. The van der Waals surface area contributed by atoms with Gasteiger partial charge in [-0.3, -0.25) is 0 Å². The molecule has 21 heavy (non-hydrogen) atoms. The Labute approximate surface area is 135 Å². The van der Waals surface area contributed by atoms with E-state index in [1.807, 2.05) is 0 Å². The molecule has 0 aliphatic carbocycles. The first-order valence-electron chi connectivity index (χ1n) is 7.87. The van der Waals surface area contributed by atoms with Crippen molar-refractivity contribution in [2.45, 2.75) is 45.6 Å². The number of ether oxygens (including phenoxy) is 1. The maximum absolute atomic E-state index is 5.90. The highest BCUT2D eigenvalue weighted by Crippen LogP contribution is 2.31. The summed E-state index contributed by atoms with van der Waals surface area (Å²) >= 11 is 3.65. The average Bonchev–Trinajstić information content (AvgIpc) is 2.52. The first-order chi connectivity index (χ1) is 10.3. The van der Waals surface area contributed by atoms with Gasteiger partial charge in [-0.25, -0.2) is 9.97 Å². The van der Waals surface area contributed by atoms with Gasteiger partial charge in [0.2, 0.25) is 0 Å². The summed E-state index contributed by atoms with van der Waals surface area (Å²) in [6, 6.07) is 0. The van der Waals surface area contributed by atoms with Gasteiger partial charge >= 0.3 is 0 Å². The lowest BCUT2D eigenvalue weighted by molar-refractivity contribution is 0.0439. The Kier molecular flexibility index (Phi) is 6.70. The van der Waals surface area contributed by atoms with Crippen molar-refractivity contribution in [1.29, 1.82) is 0 Å². The molecule has 1 N–H and O–H groups in total. The lowest BCUT2D eigenvalue weighted by Crippen LogP contribution is -2.40. The number of hydrogen-bond donors (Lipinski definition) is 1. The van der Waals surface area contributed by atoms with Crippen LogP contribution in [0.25, 0.3) is 0 Å². The van der Waals surface area contributed by atoms with E-state index in [0.29, 0.717) is 6.10 Å². The molecular weight excluding hydrogens is 332 g/mol. The minimum atomic E-state index is 0.313. The van der Waals surface area contributed by atoms with Gasteiger partial charge in [-0.15, -0.1) is 0 Å². The van der Waals surface area contributed by atoms with Gasteiger partial charge in [0.1, 0.15) is 22.4 Å². The molecule has 1 saturated heterocycles. The van der Waals surface area contributed by atoms with E-state index in [1.165, 1.54) is 0 Å². The van der Waals surface area contributed by atoms with Crippen LogP contribution in [0, 0.1) is 0 Å². The summed E-state index contributed by atoms with van der Waals surface area (Å²) < 4.78 is 6.86. The fourth-order valence-electron chi connectivity index (χ4n) is 2.50. The second kappa shape index (κ2) is 8.54. The van der Waals surface area contributed by atoms with Gasteiger partial charge in [-0.2, -0.15) is 0 Å². The third-order valence-electron chi connectivity index (χ3n) is 3.55. The Balaban J connectivity index is 2.06. The van der Waals surface area contributed by atoms with Crippen molar-refractivity contribution < 1.29 is 4.74 Å². The summed E-state index contributed by atoms with van der Waals surface area (Å²) in [7, 11) is 0. The quantitative estimate of drug-likeness (QED) is 0.810. The Morgan fingerprint density at radius 1 is 1.38 bits per heavy atom. The second-order valence-electron chi connectivity index (χ2n) is 5.37. The average molecular weight is 357 g/mol. The van der Waals surface area contributed by atoms with Crippen LogP contribution in [-0.4, -0.2) is 42.3 Å². The zero-order chi connectivity index (χ0) is 15.1. The third kappa shape index (κ3) is 4.54. The Morgan fingerprint density at radius 2 is 2.24 bits per heavy atom. The van der Waals surface area contributed by atoms with Crippen molar-refractivity contribution in [3.05, 3.63) is 10.8 Å². The molecule has 1 atom stereocenters. The first-order valence-corrected chi connectivity index (χ1v) is 8.66. The molecule has 1 unspecified atom stereocenters. The number of nitrogens with zero attached hydrogens (tertiary/aromatic N) is 3. The molecule has 0 amide bonds. The highest BCUT2D eigenvalue weighted by Gasteiger charge is 2.23. The number of hydrogen-bond acceptors (Lipinski definition) is 5. The van der Waals surface area contributed by atoms with E-state index < -0.39 is 0 Å². The largest absolute Gasteiger partial charge is 0.376 e. The normalized spacial score (nSPS) is 18.8. The van der Waals surface area contributed by atoms with Crippen molar-refractivity contribution >= 4 is 27.6 Å². The molecule has 5 nitrogen and oxygen atoms in total. The van der Waals surface area contributed by atoms with Crippen molar-refractivity contribution in [2.24, 2.45) is 0 Å². The fraction of sp³-hybridized carbons (Fsp3) is 0.733. The van der Waals surface area contributed by atoms with Gasteiger partial charge in [0.15, 0.2) is 0 Å². The molecule has 0 aromatic carbocycles. The maximum Gasteiger partial charge on any atom is 0.148 e. The SMILES string of the molecule is CCCNc1ncnc(N2CCCC(OCCC)C2)c1Br. The predicted octanol–water partition coefficient (Wildman–Crippen LogP) is 3.46. The number of halogens is 1. The molecule has 2 heterocycles. The van der Waals surface area contributed by atoms with E-state index in [4.69, 9.17) is 4.74 Å². The standard InChI is InChI=1S/C15H25BrN4O/c1-3-7-17-14-13(16)15(19-11-18-14)20-8-5-6-12(10-20)21-9-4-2/h11-12H,3-10H2,1-2H3,(H,17,18,19). The molecule has 1 aromatic heterocycles. The molecule has 0 radical (unpaired) electrons. The predicted molar refractivity (Wildman–Crippen MR) is 90.0 cm³/mol. The van der Waals surface area contributed by atoms with E-state index in [9.17, 15) is 0 Å². The summed E-state index contributed by atoms with van der Waals surface area (Å²) in [5, 5.41) is 3.33. The molecular formula is C15H25BrN4O. The van der Waals surface area contributed by atoms with Gasteiger partial charge in [0.05, 0.1) is 6.10 Å². The topological polar surface area (TPSA) is 50.3 Å². The molecule has 1 fully saturated rings. The molecule has 1 aliphatic rings. The molecule has 1 aliphatic heterocycles. The zero-order valence-corrected chi connectivity index (χ0v) is 14.5. The van der Waals surface area contributed by atoms with Gasteiger partial charge in [0, 0.05) is 26.2 Å². The van der Waals surface area contributed by atoms with Crippen molar-refractivity contribution in [3.63, 3.8) is 0 Å². The van der Waals surface area contributed by atoms with E-state index in [2.05, 4.69) is 50.0 Å². The molecule has 2 rings (SSSR count). The molecule has 0 bridgehead atoms. The maximum atomic E-state index is 5.90. The Morgan fingerprint density at radius 3 is 3.00 bits per heavy atom. The van der Waals surface area contributed by atoms with Crippen LogP contribution in [0.5, 0.6) is 0 Å². The fourth-order valence-corrected chi connectivity index (χ4v) is 3.09. The lowest BCUT2D eigenvalue weighted by atomic mass is 10.1. The van der Waals surface area contributed by atoms with E-state index in [1.54, 1.807) is 6.33 Å². The van der Waals surface area contributed by atoms with Crippen molar-refractivity contribution in [2.75, 3.05) is 36.5 Å². The lowest BCUT2D eigenvalue weighted by Gasteiger charge is -2.34. The highest BCUT2D eigenvalue weighted by molar-refractivity contribution is 9.10. The van der Waals surface area contributed by atoms with Crippen LogP contribution in [-0.2, 0) is 4.74 Å². The number of nitrogens with one attached hydrogen (secondary N) is 1. The minimum absolute atomic E-state index is 0.313. The Hall–Kier alpha value is -0.880. The Bertz CT molecular complexity index is 444. The van der Waals surface area contributed by atoms with Crippen LogP contribution in [0.15, 0.2) is 10.8 Å². The van der Waals surface area contributed by atoms with Crippen LogP contribution in [0.1, 0.15) is 39.5 Å². The van der Waals surface area contributed by atoms with Crippen LogP contribution in [0.2, 0.25) is 0 Å². The van der Waals surface area contributed by atoms with Crippen molar-refractivity contribution in [3.8, 4) is 0 Å². The summed E-state index contributed by atoms with van der Waals surface area (Å²) in [5.41, 5.74) is 0. The third-order valence-corrected chi connectivity index (χ3v) is 4.28. The minimum Gasteiger partial charge on any atom is -0.376 e. The summed E-state index contributed by atoms with van der Waals surface area (Å²) in [6.45, 7) is 7.97. The highest BCUT2D eigenvalue weighted by atomic mass is 79.9. The molecule has 118 valence electrons. The number of piperidine rings is 1. The number of aromatic nitrogens is 2. The number of anilines is 2. The zero-order valence-electron chi connectivity index (χ0n) is 12.9.